The number of rotatable bonds is 6. The van der Waals surface area contributed by atoms with E-state index in [-0.39, 0.29) is 0 Å². The molecule has 90 valence electrons. The van der Waals surface area contributed by atoms with Crippen molar-refractivity contribution in [3.63, 3.8) is 0 Å². The molecule has 6 heteroatoms. The molecule has 0 heterocycles. The molecule has 0 saturated carbocycles. The Labute approximate surface area is 93.4 Å². The number of hydrogen-bond donors (Lipinski definition) is 0. The molecular formula is C10H14O6. The number of carbonyl (C=O) groups excluding carboxylic acids is 2. The van der Waals surface area contributed by atoms with Crippen LogP contribution >= 0.6 is 0 Å². The van der Waals surface area contributed by atoms with Gasteiger partial charge in [-0.15, -0.1) is 0 Å². The molecule has 0 aromatic heterocycles. The lowest BCUT2D eigenvalue weighted by atomic mass is 10.3. The first-order chi connectivity index (χ1) is 7.63. The van der Waals surface area contributed by atoms with Crippen LogP contribution in [0.1, 0.15) is 19.8 Å². The molecule has 6 nitrogen and oxygen atoms in total. The summed E-state index contributed by atoms with van der Waals surface area (Å²) in [5.41, 5.74) is 0. The second-order valence-electron chi connectivity index (χ2n) is 2.52. The van der Waals surface area contributed by atoms with Gasteiger partial charge in [-0.3, -0.25) is 0 Å². The van der Waals surface area contributed by atoms with Crippen LogP contribution in [0.25, 0.3) is 0 Å². The first kappa shape index (κ1) is 14.0. The van der Waals surface area contributed by atoms with Crippen LogP contribution in [0.3, 0.4) is 0 Å². The Morgan fingerprint density at radius 3 is 1.88 bits per heavy atom. The SMILES string of the molecule is C=COC(=O)OC(CCC)OC(=O)OC=C. The van der Waals surface area contributed by atoms with Crippen molar-refractivity contribution in [3.05, 3.63) is 25.7 Å². The molecular weight excluding hydrogens is 216 g/mol. The van der Waals surface area contributed by atoms with Crippen LogP contribution in [0.15, 0.2) is 25.7 Å². The minimum atomic E-state index is -1.05. The number of hydrogen-bond acceptors (Lipinski definition) is 6. The normalized spacial score (nSPS) is 9.12. The first-order valence-corrected chi connectivity index (χ1v) is 4.60. The Morgan fingerprint density at radius 1 is 1.12 bits per heavy atom. The van der Waals surface area contributed by atoms with Gasteiger partial charge < -0.3 is 18.9 Å². The van der Waals surface area contributed by atoms with Crippen LogP contribution in [0, 0.1) is 0 Å². The molecule has 0 unspecified atom stereocenters. The molecule has 0 aromatic carbocycles. The molecule has 0 N–H and O–H groups in total. The first-order valence-electron chi connectivity index (χ1n) is 4.60. The van der Waals surface area contributed by atoms with Gasteiger partial charge in [-0.1, -0.05) is 20.1 Å². The summed E-state index contributed by atoms with van der Waals surface area (Å²) >= 11 is 0. The molecule has 0 aliphatic carbocycles. The smallest absolute Gasteiger partial charge is 0.404 e. The zero-order valence-electron chi connectivity index (χ0n) is 9.01. The van der Waals surface area contributed by atoms with E-state index < -0.39 is 18.6 Å². The van der Waals surface area contributed by atoms with Crippen molar-refractivity contribution < 1.29 is 28.5 Å². The highest BCUT2D eigenvalue weighted by Crippen LogP contribution is 2.07. The predicted molar refractivity (Wildman–Crippen MR) is 54.2 cm³/mol. The van der Waals surface area contributed by atoms with Gasteiger partial charge in [0.25, 0.3) is 6.29 Å². The van der Waals surface area contributed by atoms with E-state index in [2.05, 4.69) is 32.1 Å². The van der Waals surface area contributed by atoms with Crippen LogP contribution in [-0.2, 0) is 18.9 Å². The van der Waals surface area contributed by atoms with E-state index in [1.165, 1.54) is 0 Å². The van der Waals surface area contributed by atoms with Crippen LogP contribution < -0.4 is 0 Å². The topological polar surface area (TPSA) is 71.1 Å². The zero-order valence-corrected chi connectivity index (χ0v) is 9.01. The van der Waals surface area contributed by atoms with Gasteiger partial charge in [0.05, 0.1) is 12.5 Å². The van der Waals surface area contributed by atoms with E-state index in [4.69, 9.17) is 0 Å². The summed E-state index contributed by atoms with van der Waals surface area (Å²) < 4.78 is 17.9. The maximum atomic E-state index is 10.9. The molecule has 0 atom stereocenters. The van der Waals surface area contributed by atoms with Gasteiger partial charge >= 0.3 is 12.3 Å². The second-order valence-corrected chi connectivity index (χ2v) is 2.52. The van der Waals surface area contributed by atoms with Crippen LogP contribution in [-0.4, -0.2) is 18.6 Å². The molecule has 0 radical (unpaired) electrons. The van der Waals surface area contributed by atoms with Crippen LogP contribution in [0.2, 0.25) is 0 Å². The predicted octanol–water partition coefficient (Wildman–Crippen LogP) is 2.71. The Morgan fingerprint density at radius 2 is 1.56 bits per heavy atom. The monoisotopic (exact) mass is 230 g/mol. The largest absolute Gasteiger partial charge is 0.516 e. The van der Waals surface area contributed by atoms with E-state index >= 15 is 0 Å². The van der Waals surface area contributed by atoms with Crippen molar-refractivity contribution in [1.82, 2.24) is 0 Å². The summed E-state index contributed by atoms with van der Waals surface area (Å²) in [4.78, 5) is 21.8. The van der Waals surface area contributed by atoms with E-state index in [1.807, 2.05) is 6.92 Å². The van der Waals surface area contributed by atoms with Crippen molar-refractivity contribution in [2.75, 3.05) is 0 Å². The highest BCUT2D eigenvalue weighted by atomic mass is 16.8. The highest BCUT2D eigenvalue weighted by Gasteiger charge is 2.19. The summed E-state index contributed by atoms with van der Waals surface area (Å²) in [7, 11) is 0. The van der Waals surface area contributed by atoms with Crippen molar-refractivity contribution in [3.8, 4) is 0 Å². The van der Waals surface area contributed by atoms with Crippen molar-refractivity contribution in [1.29, 1.82) is 0 Å². The number of ether oxygens (including phenoxy) is 4. The molecule has 16 heavy (non-hydrogen) atoms. The molecule has 0 bridgehead atoms. The van der Waals surface area contributed by atoms with Crippen LogP contribution in [0.5, 0.6) is 0 Å². The van der Waals surface area contributed by atoms with Crippen LogP contribution in [0.4, 0.5) is 9.59 Å². The van der Waals surface area contributed by atoms with Gasteiger partial charge in [-0.2, -0.15) is 0 Å². The lowest BCUT2D eigenvalue weighted by Gasteiger charge is -2.15. The molecule has 0 saturated heterocycles. The fourth-order valence-corrected chi connectivity index (χ4v) is 0.784. The quantitative estimate of drug-likeness (QED) is 0.397. The van der Waals surface area contributed by atoms with Gasteiger partial charge in [0, 0.05) is 6.42 Å². The maximum Gasteiger partial charge on any atom is 0.516 e. The Hall–Kier alpha value is -1.98. The standard InChI is InChI=1S/C10H14O6/c1-4-7-8(15-9(11)13-5-2)16-10(12)14-6-3/h5-6,8H,2-4,7H2,1H3. The summed E-state index contributed by atoms with van der Waals surface area (Å²) in [6.07, 6.45) is -0.253. The zero-order chi connectivity index (χ0) is 12.4. The van der Waals surface area contributed by atoms with Gasteiger partial charge in [0.1, 0.15) is 0 Å². The molecule has 0 aliphatic heterocycles. The molecule has 0 aromatic rings. The minimum Gasteiger partial charge on any atom is -0.404 e. The number of carbonyl (C=O) groups is 2. The van der Waals surface area contributed by atoms with Crippen molar-refractivity contribution in [2.45, 2.75) is 26.1 Å². The molecule has 0 rings (SSSR count). The second kappa shape index (κ2) is 8.34. The van der Waals surface area contributed by atoms with E-state index in [0.717, 1.165) is 12.5 Å². The summed E-state index contributed by atoms with van der Waals surface area (Å²) in [5, 5.41) is 0. The lowest BCUT2D eigenvalue weighted by molar-refractivity contribution is -0.0963. The highest BCUT2D eigenvalue weighted by molar-refractivity contribution is 5.62. The lowest BCUT2D eigenvalue weighted by Crippen LogP contribution is -2.24. The minimum absolute atomic E-state index is 0.332. The molecule has 0 amide bonds. The third-order valence-electron chi connectivity index (χ3n) is 1.34. The maximum absolute atomic E-state index is 10.9. The van der Waals surface area contributed by atoms with Gasteiger partial charge in [0.15, 0.2) is 0 Å². The Bertz CT molecular complexity index is 236. The van der Waals surface area contributed by atoms with Crippen molar-refractivity contribution >= 4 is 12.3 Å². The molecule has 0 spiro atoms. The van der Waals surface area contributed by atoms with Crippen molar-refractivity contribution in [2.24, 2.45) is 0 Å². The summed E-state index contributed by atoms with van der Waals surface area (Å²) in [6.45, 7) is 8.18. The van der Waals surface area contributed by atoms with Gasteiger partial charge in [-0.05, 0) is 6.42 Å². The molecule has 0 aliphatic rings. The summed E-state index contributed by atoms with van der Waals surface area (Å²) in [6, 6.07) is 0. The van der Waals surface area contributed by atoms with E-state index in [1.54, 1.807) is 0 Å². The average molecular weight is 230 g/mol. The van der Waals surface area contributed by atoms with E-state index in [9.17, 15) is 9.59 Å². The third kappa shape index (κ3) is 6.47. The van der Waals surface area contributed by atoms with E-state index in [0.29, 0.717) is 12.8 Å². The third-order valence-corrected chi connectivity index (χ3v) is 1.34. The van der Waals surface area contributed by atoms with Gasteiger partial charge in [-0.25, -0.2) is 9.59 Å². The average Bonchev–Trinajstić information content (AvgIpc) is 2.18. The Balaban J connectivity index is 4.14. The van der Waals surface area contributed by atoms with Gasteiger partial charge in [0.2, 0.25) is 0 Å². The fourth-order valence-electron chi connectivity index (χ4n) is 0.784. The Kier molecular flexibility index (Phi) is 7.31. The fraction of sp³-hybridized carbons (Fsp3) is 0.400. The molecule has 0 fully saturated rings. The summed E-state index contributed by atoms with van der Waals surface area (Å²) in [5.74, 6) is 0.